The molecule has 3 fully saturated rings. The molecule has 1 aliphatic heterocycles. The fourth-order valence-corrected chi connectivity index (χ4v) is 7.31. The number of likely N-dealkylation sites (N-methyl/N-ethyl adjacent to an activating group) is 1. The zero-order chi connectivity index (χ0) is 23.8. The van der Waals surface area contributed by atoms with Crippen LogP contribution in [-0.2, 0) is 15.1 Å². The molecule has 2 saturated carbocycles. The molecule has 2 aromatic rings. The summed E-state index contributed by atoms with van der Waals surface area (Å²) in [6.07, 6.45) is 8.27. The van der Waals surface area contributed by atoms with Crippen molar-refractivity contribution < 1.29 is 43.1 Å². The summed E-state index contributed by atoms with van der Waals surface area (Å²) in [5, 5.41) is 12.1. The zero-order valence-electron chi connectivity index (χ0n) is 21.1. The van der Waals surface area contributed by atoms with Crippen LogP contribution in [0.15, 0.2) is 60.7 Å². The number of hydrogen-bond acceptors (Lipinski definition) is 3. The summed E-state index contributed by atoms with van der Waals surface area (Å²) in [5.74, 6) is -0.152. The molecule has 2 aromatic carbocycles. The van der Waals surface area contributed by atoms with Gasteiger partial charge in [-0.25, -0.2) is 4.79 Å². The Bertz CT molecular complexity index is 978. The molecule has 6 atom stereocenters. The van der Waals surface area contributed by atoms with Gasteiger partial charge >= 0.3 is 5.97 Å². The molecule has 1 saturated heterocycles. The van der Waals surface area contributed by atoms with Crippen LogP contribution in [0, 0.1) is 11.8 Å². The Labute approximate surface area is 227 Å². The van der Waals surface area contributed by atoms with Crippen LogP contribution in [0.1, 0.15) is 75.5 Å². The number of halogens is 1. The number of aliphatic hydroxyl groups is 1. The number of hydrogen-bond donors (Lipinski definition) is 1. The molecule has 0 radical (unpaired) electrons. The normalized spacial score (nSPS) is 31.1. The van der Waals surface area contributed by atoms with Crippen LogP contribution in [-0.4, -0.2) is 41.3 Å². The molecule has 5 heteroatoms. The van der Waals surface area contributed by atoms with Crippen LogP contribution in [0.2, 0.25) is 0 Å². The Hall–Kier alpha value is -1.44. The molecule has 0 amide bonds. The summed E-state index contributed by atoms with van der Waals surface area (Å²) < 4.78 is 7.29. The minimum absolute atomic E-state index is 0. The van der Waals surface area contributed by atoms with E-state index in [1.54, 1.807) is 0 Å². The van der Waals surface area contributed by atoms with Crippen LogP contribution in [0.25, 0.3) is 0 Å². The van der Waals surface area contributed by atoms with E-state index >= 15 is 0 Å². The Morgan fingerprint density at radius 1 is 0.943 bits per heavy atom. The SMILES string of the molecule is C[C@@H](c1ccccc1)[N+]1(C)C[C@H]2CC[C@@H]1C2OC(=O)C(O)(c1ccccc1)C1CCCCCC1.[I-]. The molecule has 3 unspecified atom stereocenters. The molecular formula is C30H40INO3. The van der Waals surface area contributed by atoms with E-state index in [0.29, 0.717) is 17.5 Å². The summed E-state index contributed by atoms with van der Waals surface area (Å²) >= 11 is 0. The smallest absolute Gasteiger partial charge is 0.343 e. The lowest BCUT2D eigenvalue weighted by Gasteiger charge is -2.43. The molecule has 2 aliphatic carbocycles. The van der Waals surface area contributed by atoms with Gasteiger partial charge in [0, 0.05) is 17.9 Å². The molecule has 1 N–H and O–H groups in total. The van der Waals surface area contributed by atoms with E-state index in [-0.39, 0.29) is 42.0 Å². The predicted molar refractivity (Wildman–Crippen MR) is 134 cm³/mol. The van der Waals surface area contributed by atoms with E-state index in [0.717, 1.165) is 49.6 Å². The van der Waals surface area contributed by atoms with Crippen LogP contribution < -0.4 is 24.0 Å². The monoisotopic (exact) mass is 589 g/mol. The van der Waals surface area contributed by atoms with Gasteiger partial charge in [0.15, 0.2) is 11.7 Å². The second-order valence-electron chi connectivity index (χ2n) is 11.2. The molecule has 35 heavy (non-hydrogen) atoms. The van der Waals surface area contributed by atoms with Gasteiger partial charge in [-0.1, -0.05) is 86.3 Å². The van der Waals surface area contributed by atoms with Gasteiger partial charge in [-0.3, -0.25) is 0 Å². The van der Waals surface area contributed by atoms with Crippen molar-refractivity contribution >= 4 is 5.97 Å². The fraction of sp³-hybridized carbons (Fsp3) is 0.567. The van der Waals surface area contributed by atoms with Gasteiger partial charge in [0.1, 0.15) is 12.1 Å². The summed E-state index contributed by atoms with van der Waals surface area (Å²) in [7, 11) is 2.33. The van der Waals surface area contributed by atoms with Crippen molar-refractivity contribution in [1.29, 1.82) is 0 Å². The Kier molecular flexibility index (Phi) is 8.29. The number of likely N-dealkylation sites (tertiary alicyclic amines) is 1. The maximum atomic E-state index is 13.9. The molecule has 0 spiro atoms. The number of benzene rings is 2. The minimum Gasteiger partial charge on any atom is -1.00 e. The van der Waals surface area contributed by atoms with E-state index in [1.165, 1.54) is 18.4 Å². The number of esters is 1. The quantitative estimate of drug-likeness (QED) is 0.244. The van der Waals surface area contributed by atoms with Gasteiger partial charge in [0.2, 0.25) is 0 Å². The van der Waals surface area contributed by atoms with Crippen molar-refractivity contribution in [2.24, 2.45) is 11.8 Å². The highest BCUT2D eigenvalue weighted by Crippen LogP contribution is 2.50. The maximum Gasteiger partial charge on any atom is 0.343 e. The number of ether oxygens (including phenoxy) is 1. The highest BCUT2D eigenvalue weighted by molar-refractivity contribution is 5.82. The van der Waals surface area contributed by atoms with E-state index in [1.807, 2.05) is 30.3 Å². The van der Waals surface area contributed by atoms with Crippen molar-refractivity contribution in [2.45, 2.75) is 82.1 Å². The second kappa shape index (κ2) is 10.9. The van der Waals surface area contributed by atoms with E-state index in [4.69, 9.17) is 4.74 Å². The first-order valence-corrected chi connectivity index (χ1v) is 13.3. The van der Waals surface area contributed by atoms with Gasteiger partial charge in [-0.05, 0) is 31.7 Å². The van der Waals surface area contributed by atoms with E-state index in [2.05, 4.69) is 44.3 Å². The van der Waals surface area contributed by atoms with Crippen molar-refractivity contribution in [3.8, 4) is 0 Å². The topological polar surface area (TPSA) is 46.5 Å². The number of fused-ring (bicyclic) bond motifs is 2. The van der Waals surface area contributed by atoms with Crippen molar-refractivity contribution in [3.05, 3.63) is 71.8 Å². The molecule has 190 valence electrons. The number of quaternary nitrogens is 1. The maximum absolute atomic E-state index is 13.9. The number of carbonyl (C=O) groups excluding carboxylic acids is 1. The highest BCUT2D eigenvalue weighted by Gasteiger charge is 2.61. The summed E-state index contributed by atoms with van der Waals surface area (Å²) in [4.78, 5) is 13.9. The molecule has 3 aliphatic rings. The highest BCUT2D eigenvalue weighted by atomic mass is 127. The van der Waals surface area contributed by atoms with Gasteiger partial charge in [-0.2, -0.15) is 0 Å². The molecule has 4 nitrogen and oxygen atoms in total. The number of nitrogens with zero attached hydrogens (tertiary/aromatic N) is 1. The molecule has 1 heterocycles. The number of rotatable bonds is 6. The summed E-state index contributed by atoms with van der Waals surface area (Å²) in [5.41, 5.74) is 0.455. The fourth-order valence-electron chi connectivity index (χ4n) is 7.31. The largest absolute Gasteiger partial charge is 1.00 e. The molecule has 0 aromatic heterocycles. The zero-order valence-corrected chi connectivity index (χ0v) is 23.3. The lowest BCUT2D eigenvalue weighted by Crippen LogP contribution is -3.00. The minimum atomic E-state index is -1.57. The first kappa shape index (κ1) is 26.6. The van der Waals surface area contributed by atoms with Crippen LogP contribution in [0.3, 0.4) is 0 Å². The molecule has 2 bridgehead atoms. The van der Waals surface area contributed by atoms with Crippen LogP contribution in [0.5, 0.6) is 0 Å². The van der Waals surface area contributed by atoms with Gasteiger partial charge in [-0.15, -0.1) is 0 Å². The number of carbonyl (C=O) groups is 1. The lowest BCUT2D eigenvalue weighted by molar-refractivity contribution is -0.954. The summed E-state index contributed by atoms with van der Waals surface area (Å²) in [6, 6.07) is 20.9. The summed E-state index contributed by atoms with van der Waals surface area (Å²) in [6.45, 7) is 3.33. The third-order valence-corrected chi connectivity index (χ3v) is 9.44. The lowest BCUT2D eigenvalue weighted by atomic mass is 9.77. The third-order valence-electron chi connectivity index (χ3n) is 9.44. The van der Waals surface area contributed by atoms with Crippen molar-refractivity contribution in [1.82, 2.24) is 0 Å². The predicted octanol–water partition coefficient (Wildman–Crippen LogP) is 2.76. The number of piperidine rings is 1. The van der Waals surface area contributed by atoms with E-state index < -0.39 is 11.6 Å². The Morgan fingerprint density at radius 3 is 2.17 bits per heavy atom. The first-order valence-electron chi connectivity index (χ1n) is 13.3. The standard InChI is InChI=1S/C30H40NO3.HI/c1-22(23-13-7-5-8-14-23)31(2)21-24-19-20-27(31)28(24)34-29(32)30(33,26-17-11-6-12-18-26)25-15-9-3-4-10-16-25;/h5-8,11-14,17-18,22,24-25,27-28,33H,3-4,9-10,15-16,19-21H2,1-2H3;1H/q+1;/p-1/t22-,24+,27+,28?,30?,31?;/m0./s1. The molecular weight excluding hydrogens is 549 g/mol. The average molecular weight is 590 g/mol. The van der Waals surface area contributed by atoms with Crippen molar-refractivity contribution in [3.63, 3.8) is 0 Å². The Morgan fingerprint density at radius 2 is 1.54 bits per heavy atom. The van der Waals surface area contributed by atoms with Gasteiger partial charge in [0.05, 0.1) is 19.5 Å². The third kappa shape index (κ3) is 4.80. The first-order chi connectivity index (χ1) is 16.4. The Balaban J connectivity index is 0.00000289. The van der Waals surface area contributed by atoms with E-state index in [9.17, 15) is 9.90 Å². The van der Waals surface area contributed by atoms with Crippen molar-refractivity contribution in [2.75, 3.05) is 13.6 Å². The second-order valence-corrected chi connectivity index (χ2v) is 11.2. The molecule has 5 rings (SSSR count). The average Bonchev–Trinajstić information content (AvgIpc) is 3.22. The van der Waals surface area contributed by atoms with Gasteiger partial charge in [0.25, 0.3) is 0 Å². The van der Waals surface area contributed by atoms with Crippen LogP contribution in [0.4, 0.5) is 0 Å². The van der Waals surface area contributed by atoms with Crippen LogP contribution >= 0.6 is 0 Å². The van der Waals surface area contributed by atoms with Gasteiger partial charge < -0.3 is 38.3 Å².